The highest BCUT2D eigenvalue weighted by Crippen LogP contribution is 2.28. The second kappa shape index (κ2) is 8.08. The zero-order valence-corrected chi connectivity index (χ0v) is 15.4. The van der Waals surface area contributed by atoms with Gasteiger partial charge >= 0.3 is 5.92 Å². The summed E-state index contributed by atoms with van der Waals surface area (Å²) in [6.07, 6.45) is 4.66. The van der Waals surface area contributed by atoms with Crippen molar-refractivity contribution >= 4 is 17.8 Å². The molecular formula is C20H19F2N3O3. The second-order valence-electron chi connectivity index (χ2n) is 6.15. The minimum absolute atomic E-state index is 0.172. The van der Waals surface area contributed by atoms with Crippen molar-refractivity contribution in [1.82, 2.24) is 9.78 Å². The Morgan fingerprint density at radius 1 is 1.32 bits per heavy atom. The fourth-order valence-corrected chi connectivity index (χ4v) is 2.46. The minimum Gasteiger partial charge on any atom is -0.497 e. The van der Waals surface area contributed by atoms with E-state index in [1.54, 1.807) is 31.5 Å². The summed E-state index contributed by atoms with van der Waals surface area (Å²) < 4.78 is 38.2. The molecule has 8 heteroatoms. The number of benzene rings is 1. The number of carbonyl (C=O) groups is 1. The Kier molecular flexibility index (Phi) is 5.58. The number of amides is 1. The van der Waals surface area contributed by atoms with Crippen molar-refractivity contribution < 1.29 is 22.7 Å². The molecule has 0 spiro atoms. The Hall–Kier alpha value is -3.42. The average molecular weight is 387 g/mol. The van der Waals surface area contributed by atoms with Crippen LogP contribution in [0.3, 0.4) is 0 Å². The van der Waals surface area contributed by atoms with Gasteiger partial charge < -0.3 is 14.5 Å². The maximum atomic E-state index is 13.2. The fourth-order valence-electron chi connectivity index (χ4n) is 2.46. The Balaban J connectivity index is 1.58. The molecule has 1 aromatic carbocycles. The lowest BCUT2D eigenvalue weighted by atomic mass is 10.2. The molecule has 0 bridgehead atoms. The number of nitrogens with zero attached hydrogens (tertiary/aromatic N) is 2. The Morgan fingerprint density at radius 3 is 2.86 bits per heavy atom. The third kappa shape index (κ3) is 5.06. The van der Waals surface area contributed by atoms with E-state index in [4.69, 9.17) is 9.15 Å². The number of hydrogen-bond acceptors (Lipinski definition) is 4. The Morgan fingerprint density at radius 2 is 2.14 bits per heavy atom. The van der Waals surface area contributed by atoms with Crippen LogP contribution >= 0.6 is 0 Å². The average Bonchev–Trinajstić information content (AvgIpc) is 3.30. The number of halogens is 2. The van der Waals surface area contributed by atoms with E-state index in [0.717, 1.165) is 12.5 Å². The van der Waals surface area contributed by atoms with Crippen LogP contribution in [0.1, 0.15) is 24.0 Å². The summed E-state index contributed by atoms with van der Waals surface area (Å²) in [5, 5.41) is 6.82. The van der Waals surface area contributed by atoms with Crippen LogP contribution in [-0.2, 0) is 17.3 Å². The summed E-state index contributed by atoms with van der Waals surface area (Å²) in [5.41, 5.74) is 0.821. The number of furan rings is 1. The molecule has 0 aliphatic rings. The third-order valence-corrected chi connectivity index (χ3v) is 3.83. The van der Waals surface area contributed by atoms with Crippen molar-refractivity contribution in [1.29, 1.82) is 0 Å². The van der Waals surface area contributed by atoms with Crippen LogP contribution in [0.2, 0.25) is 0 Å². The molecule has 0 atom stereocenters. The van der Waals surface area contributed by atoms with E-state index in [-0.39, 0.29) is 12.5 Å². The van der Waals surface area contributed by atoms with Gasteiger partial charge in [0.2, 0.25) is 5.91 Å². The monoisotopic (exact) mass is 387 g/mol. The van der Waals surface area contributed by atoms with Gasteiger partial charge in [-0.1, -0.05) is 12.1 Å². The lowest BCUT2D eigenvalue weighted by Crippen LogP contribution is -2.09. The van der Waals surface area contributed by atoms with E-state index in [2.05, 4.69) is 10.4 Å². The first-order chi connectivity index (χ1) is 13.3. The van der Waals surface area contributed by atoms with Crippen LogP contribution in [0.5, 0.6) is 5.75 Å². The van der Waals surface area contributed by atoms with Crippen LogP contribution in [0.4, 0.5) is 14.6 Å². The molecule has 2 heterocycles. The van der Waals surface area contributed by atoms with E-state index in [0.29, 0.717) is 17.3 Å². The highest BCUT2D eigenvalue weighted by Gasteiger charge is 2.28. The SMILES string of the molecule is COc1cccc(/C=C\C(=O)Nc2ccn(Cc3ccc(C(C)(F)F)o3)n2)c1. The maximum absolute atomic E-state index is 13.2. The molecule has 28 heavy (non-hydrogen) atoms. The number of rotatable bonds is 7. The van der Waals surface area contributed by atoms with Gasteiger partial charge in [-0.05, 0) is 35.9 Å². The molecule has 0 saturated heterocycles. The number of ether oxygens (including phenoxy) is 1. The summed E-state index contributed by atoms with van der Waals surface area (Å²) in [6, 6.07) is 11.6. The van der Waals surface area contributed by atoms with Gasteiger partial charge in [0.05, 0.1) is 13.7 Å². The van der Waals surface area contributed by atoms with E-state index in [1.807, 2.05) is 18.2 Å². The normalized spacial score (nSPS) is 11.7. The Bertz CT molecular complexity index is 986. The molecule has 0 radical (unpaired) electrons. The number of nitrogens with one attached hydrogen (secondary N) is 1. The topological polar surface area (TPSA) is 69.3 Å². The zero-order chi connectivity index (χ0) is 20.1. The van der Waals surface area contributed by atoms with E-state index < -0.39 is 11.7 Å². The molecule has 0 aliphatic carbocycles. The highest BCUT2D eigenvalue weighted by atomic mass is 19.3. The van der Waals surface area contributed by atoms with Crippen LogP contribution in [0.15, 0.2) is 59.2 Å². The number of hydrogen-bond donors (Lipinski definition) is 1. The van der Waals surface area contributed by atoms with Gasteiger partial charge in [-0.2, -0.15) is 13.9 Å². The van der Waals surface area contributed by atoms with Crippen LogP contribution in [0, 0.1) is 0 Å². The maximum Gasteiger partial charge on any atom is 0.301 e. The number of anilines is 1. The largest absolute Gasteiger partial charge is 0.497 e. The molecular weight excluding hydrogens is 368 g/mol. The molecule has 2 aromatic heterocycles. The van der Waals surface area contributed by atoms with Crippen LogP contribution < -0.4 is 10.1 Å². The van der Waals surface area contributed by atoms with Crippen molar-refractivity contribution in [3.05, 3.63) is 71.8 Å². The molecule has 1 N–H and O–H groups in total. The molecule has 1 amide bonds. The van der Waals surface area contributed by atoms with Gasteiger partial charge in [-0.15, -0.1) is 0 Å². The van der Waals surface area contributed by atoms with Crippen LogP contribution in [0.25, 0.3) is 6.08 Å². The quantitative estimate of drug-likeness (QED) is 0.614. The minimum atomic E-state index is -3.03. The van der Waals surface area contributed by atoms with E-state index in [1.165, 1.54) is 22.9 Å². The van der Waals surface area contributed by atoms with Crippen molar-refractivity contribution in [2.45, 2.75) is 19.4 Å². The summed E-state index contributed by atoms with van der Waals surface area (Å²) >= 11 is 0. The third-order valence-electron chi connectivity index (χ3n) is 3.83. The zero-order valence-electron chi connectivity index (χ0n) is 15.4. The first kappa shape index (κ1) is 19.3. The van der Waals surface area contributed by atoms with Gasteiger partial charge in [-0.25, -0.2) is 0 Å². The second-order valence-corrected chi connectivity index (χ2v) is 6.15. The van der Waals surface area contributed by atoms with E-state index >= 15 is 0 Å². The molecule has 0 aliphatic heterocycles. The first-order valence-corrected chi connectivity index (χ1v) is 8.47. The first-order valence-electron chi connectivity index (χ1n) is 8.47. The molecule has 6 nitrogen and oxygen atoms in total. The predicted octanol–water partition coefficient (Wildman–Crippen LogP) is 4.30. The highest BCUT2D eigenvalue weighted by molar-refractivity contribution is 6.01. The molecule has 3 rings (SSSR count). The molecule has 0 fully saturated rings. The summed E-state index contributed by atoms with van der Waals surface area (Å²) in [6.45, 7) is 0.946. The van der Waals surface area contributed by atoms with Gasteiger partial charge in [0.25, 0.3) is 0 Å². The molecule has 3 aromatic rings. The number of carbonyl (C=O) groups excluding carboxylic acids is 1. The number of methoxy groups -OCH3 is 1. The number of aromatic nitrogens is 2. The summed E-state index contributed by atoms with van der Waals surface area (Å²) in [4.78, 5) is 12.0. The van der Waals surface area contributed by atoms with Crippen LogP contribution in [-0.4, -0.2) is 22.8 Å². The predicted molar refractivity (Wildman–Crippen MR) is 100 cm³/mol. The van der Waals surface area contributed by atoms with Crippen molar-refractivity contribution in [2.24, 2.45) is 0 Å². The smallest absolute Gasteiger partial charge is 0.301 e. The fraction of sp³-hybridized carbons (Fsp3) is 0.200. The lowest BCUT2D eigenvalue weighted by molar-refractivity contribution is -0.111. The van der Waals surface area contributed by atoms with Crippen molar-refractivity contribution in [3.63, 3.8) is 0 Å². The van der Waals surface area contributed by atoms with Gasteiger partial charge in [0.1, 0.15) is 11.5 Å². The summed E-state index contributed by atoms with van der Waals surface area (Å²) in [7, 11) is 1.57. The standard InChI is InChI=1S/C20H19F2N3O3/c1-20(21,22)17-8-7-16(28-17)13-25-11-10-18(24-25)23-19(26)9-6-14-4-3-5-15(12-14)27-2/h3-12H,13H2,1-2H3,(H,23,24,26)/b9-6-. The van der Waals surface area contributed by atoms with Crippen molar-refractivity contribution in [3.8, 4) is 5.75 Å². The van der Waals surface area contributed by atoms with Crippen molar-refractivity contribution in [2.75, 3.05) is 12.4 Å². The van der Waals surface area contributed by atoms with Gasteiger partial charge in [-0.3, -0.25) is 9.48 Å². The van der Waals surface area contributed by atoms with Gasteiger partial charge in [0, 0.05) is 25.3 Å². The van der Waals surface area contributed by atoms with E-state index in [9.17, 15) is 13.6 Å². The molecule has 0 saturated carbocycles. The van der Waals surface area contributed by atoms with Gasteiger partial charge in [0.15, 0.2) is 11.6 Å². The Labute approximate surface area is 160 Å². The summed E-state index contributed by atoms with van der Waals surface area (Å²) in [5.74, 6) is -2.40. The molecule has 146 valence electrons. The number of alkyl halides is 2. The molecule has 0 unspecified atom stereocenters. The lowest BCUT2D eigenvalue weighted by Gasteiger charge is -2.05.